The molecule has 0 aromatic heterocycles. The molecule has 0 aliphatic carbocycles. The Morgan fingerprint density at radius 1 is 0.833 bits per heavy atom. The molecule has 2 rings (SSSR count). The lowest BCUT2D eigenvalue weighted by Crippen LogP contribution is -2.43. The Morgan fingerprint density at radius 2 is 1.27 bits per heavy atom. The summed E-state index contributed by atoms with van der Waals surface area (Å²) in [5.41, 5.74) is 4.46. The Kier molecular flexibility index (Phi) is 7.85. The molecule has 0 saturated carbocycles. The van der Waals surface area contributed by atoms with E-state index in [2.05, 4.69) is 91.8 Å². The Morgan fingerprint density at radius 3 is 1.60 bits per heavy atom. The zero-order chi connectivity index (χ0) is 22.8. The Bertz CT molecular complexity index is 844. The average molecular weight is 428 g/mol. The molecule has 2 aromatic rings. The molecule has 0 spiro atoms. The van der Waals surface area contributed by atoms with Gasteiger partial charge >= 0.3 is 5.97 Å². The summed E-state index contributed by atoms with van der Waals surface area (Å²) in [6.45, 7) is 21.1. The van der Waals surface area contributed by atoms with Gasteiger partial charge in [-0.2, -0.15) is 0 Å². The maximum Gasteiger partial charge on any atom is 0.361 e. The van der Waals surface area contributed by atoms with Crippen LogP contribution in [0.3, 0.4) is 0 Å². The molecule has 0 aliphatic heterocycles. The van der Waals surface area contributed by atoms with Crippen LogP contribution < -0.4 is 0 Å². The van der Waals surface area contributed by atoms with E-state index in [4.69, 9.17) is 4.74 Å². The van der Waals surface area contributed by atoms with Crippen molar-refractivity contribution in [1.29, 1.82) is 0 Å². The van der Waals surface area contributed by atoms with Crippen LogP contribution in [0.4, 0.5) is 0 Å². The van der Waals surface area contributed by atoms with Gasteiger partial charge < -0.3 is 4.74 Å². The number of rotatable bonds is 7. The van der Waals surface area contributed by atoms with E-state index in [1.165, 1.54) is 32.0 Å². The number of benzene rings is 2. The molecule has 0 saturated heterocycles. The first-order valence-electron chi connectivity index (χ1n) is 11.0. The van der Waals surface area contributed by atoms with E-state index in [1.807, 2.05) is 13.8 Å². The Balaban J connectivity index is 2.67. The highest BCUT2D eigenvalue weighted by molar-refractivity contribution is 7.98. The number of carbonyl (C=O) groups excluding carboxylic acids is 1. The number of carbonyl (C=O) groups is 1. The van der Waals surface area contributed by atoms with Gasteiger partial charge in [-0.25, -0.2) is 4.79 Å². The van der Waals surface area contributed by atoms with Crippen molar-refractivity contribution in [2.45, 2.75) is 89.9 Å². The van der Waals surface area contributed by atoms with Gasteiger partial charge in [0.1, 0.15) is 5.60 Å². The quantitative estimate of drug-likeness (QED) is 0.353. The Hall–Kier alpha value is -1.74. The first kappa shape index (κ1) is 24.5. The van der Waals surface area contributed by atoms with Gasteiger partial charge in [0.05, 0.1) is 10.9 Å². The molecule has 3 heteroatoms. The number of ether oxygens (including phenoxy) is 1. The topological polar surface area (TPSA) is 26.3 Å². The van der Waals surface area contributed by atoms with Crippen molar-refractivity contribution in [2.75, 3.05) is 0 Å². The average Bonchev–Trinajstić information content (AvgIpc) is 2.59. The third-order valence-electron chi connectivity index (χ3n) is 5.98. The molecule has 0 fully saturated rings. The summed E-state index contributed by atoms with van der Waals surface area (Å²) in [4.78, 5) is 16.1. The van der Waals surface area contributed by atoms with Crippen molar-refractivity contribution in [2.24, 2.45) is 11.8 Å². The van der Waals surface area contributed by atoms with Gasteiger partial charge in [0.25, 0.3) is 0 Å². The molecule has 164 valence electrons. The minimum atomic E-state index is -0.496. The van der Waals surface area contributed by atoms with Crippen LogP contribution in [0.15, 0.2) is 46.2 Å². The molecule has 0 heterocycles. The molecule has 0 aliphatic rings. The smallest absolute Gasteiger partial charge is 0.361 e. The zero-order valence-electron chi connectivity index (χ0n) is 20.4. The van der Waals surface area contributed by atoms with Crippen LogP contribution in [0.2, 0.25) is 0 Å². The summed E-state index contributed by atoms with van der Waals surface area (Å²) in [5.74, 6) is 0.315. The van der Waals surface area contributed by atoms with E-state index in [-0.39, 0.29) is 23.1 Å². The van der Waals surface area contributed by atoms with E-state index in [9.17, 15) is 4.79 Å². The van der Waals surface area contributed by atoms with Gasteiger partial charge in [0.15, 0.2) is 9.79 Å². The fourth-order valence-corrected chi connectivity index (χ4v) is 6.37. The summed E-state index contributed by atoms with van der Waals surface area (Å²) < 4.78 is 6.14. The van der Waals surface area contributed by atoms with E-state index < -0.39 is 16.5 Å². The predicted octanol–water partition coefficient (Wildman–Crippen LogP) is 6.96. The summed E-state index contributed by atoms with van der Waals surface area (Å²) in [6, 6.07) is 13.2. The van der Waals surface area contributed by atoms with Crippen LogP contribution in [0.25, 0.3) is 0 Å². The van der Waals surface area contributed by atoms with Crippen molar-refractivity contribution in [1.82, 2.24) is 0 Å². The summed E-state index contributed by atoms with van der Waals surface area (Å²) in [5, 5.41) is -0.231. The number of hydrogen-bond donors (Lipinski definition) is 0. The minimum Gasteiger partial charge on any atom is -0.456 e. The highest BCUT2D eigenvalue weighted by atomic mass is 32.2. The van der Waals surface area contributed by atoms with Gasteiger partial charge in [-0.3, -0.25) is 0 Å². The lowest BCUT2D eigenvalue weighted by Gasteiger charge is -2.32. The molecule has 1 unspecified atom stereocenters. The predicted molar refractivity (Wildman–Crippen MR) is 129 cm³/mol. The van der Waals surface area contributed by atoms with Crippen LogP contribution in [-0.2, 0) is 20.4 Å². The van der Waals surface area contributed by atoms with Crippen molar-refractivity contribution < 1.29 is 9.53 Å². The van der Waals surface area contributed by atoms with E-state index >= 15 is 0 Å². The highest BCUT2D eigenvalue weighted by Gasteiger charge is 2.47. The zero-order valence-corrected chi connectivity index (χ0v) is 21.2. The number of aryl methyl sites for hydroxylation is 4. The molecular formula is C27H39O2S+. The van der Waals surface area contributed by atoms with Crippen molar-refractivity contribution in [3.63, 3.8) is 0 Å². The van der Waals surface area contributed by atoms with Crippen LogP contribution in [0.5, 0.6) is 0 Å². The third-order valence-corrected chi connectivity index (χ3v) is 9.09. The lowest BCUT2D eigenvalue weighted by molar-refractivity contribution is -0.160. The van der Waals surface area contributed by atoms with E-state index in [1.54, 1.807) is 0 Å². The van der Waals surface area contributed by atoms with Crippen LogP contribution in [0.1, 0.15) is 63.8 Å². The normalized spacial score (nSPS) is 13.2. The molecule has 1 atom stereocenters. The maximum atomic E-state index is 13.6. The maximum absolute atomic E-state index is 13.6. The second-order valence-electron chi connectivity index (χ2n) is 9.72. The van der Waals surface area contributed by atoms with Gasteiger partial charge in [-0.15, -0.1) is 0 Å². The largest absolute Gasteiger partial charge is 0.456 e. The standard InChI is InChI=1S/C27H39O2S/c1-17(2)25(26(28)29-27(9,10)18(3)4)30(23-13-11-19(5)15-21(23)7)24-14-12-20(6)16-22(24)8/h11-18,25H,1-10H3/q+1. The van der Waals surface area contributed by atoms with Gasteiger partial charge in [0, 0.05) is 17.0 Å². The fourth-order valence-electron chi connectivity index (χ4n) is 3.56. The third kappa shape index (κ3) is 5.49. The molecular weight excluding hydrogens is 388 g/mol. The molecule has 0 radical (unpaired) electrons. The molecule has 2 nitrogen and oxygen atoms in total. The van der Waals surface area contributed by atoms with Crippen LogP contribution in [0, 0.1) is 39.5 Å². The van der Waals surface area contributed by atoms with Crippen LogP contribution >= 0.6 is 0 Å². The molecule has 30 heavy (non-hydrogen) atoms. The van der Waals surface area contributed by atoms with Gasteiger partial charge in [-0.05, 0) is 59.6 Å². The fraction of sp³-hybridized carbons (Fsp3) is 0.519. The summed E-state index contributed by atoms with van der Waals surface area (Å²) in [7, 11) is -0.411. The van der Waals surface area contributed by atoms with Gasteiger partial charge in [0.2, 0.25) is 5.25 Å². The van der Waals surface area contributed by atoms with E-state index in [0.717, 1.165) is 0 Å². The summed E-state index contributed by atoms with van der Waals surface area (Å²) >= 11 is 0. The monoisotopic (exact) mass is 427 g/mol. The lowest BCUT2D eigenvalue weighted by atomic mass is 9.94. The van der Waals surface area contributed by atoms with E-state index in [0.29, 0.717) is 0 Å². The molecule has 0 amide bonds. The van der Waals surface area contributed by atoms with Crippen molar-refractivity contribution in [3.05, 3.63) is 58.7 Å². The highest BCUT2D eigenvalue weighted by Crippen LogP contribution is 2.37. The number of hydrogen-bond acceptors (Lipinski definition) is 2. The minimum absolute atomic E-state index is 0.0908. The Labute approximate surface area is 186 Å². The molecule has 0 N–H and O–H groups in total. The summed E-state index contributed by atoms with van der Waals surface area (Å²) in [6.07, 6.45) is 0. The first-order chi connectivity index (χ1) is 13.8. The first-order valence-corrected chi connectivity index (χ1v) is 12.2. The van der Waals surface area contributed by atoms with Crippen LogP contribution in [-0.4, -0.2) is 16.8 Å². The second-order valence-corrected chi connectivity index (χ2v) is 11.8. The van der Waals surface area contributed by atoms with Crippen molar-refractivity contribution >= 4 is 16.9 Å². The molecule has 2 aromatic carbocycles. The second kappa shape index (κ2) is 9.60. The SMILES string of the molecule is Cc1ccc([S+](c2ccc(C)cc2C)C(C(=O)OC(C)(C)C(C)C)C(C)C)c(C)c1. The van der Waals surface area contributed by atoms with Gasteiger partial charge in [-0.1, -0.05) is 63.1 Å². The van der Waals surface area contributed by atoms with Crippen molar-refractivity contribution in [3.8, 4) is 0 Å². The molecule has 0 bridgehead atoms. The number of esters is 1.